The second-order valence-electron chi connectivity index (χ2n) is 3.03. The Kier molecular flexibility index (Phi) is 2.42. The van der Waals surface area contributed by atoms with E-state index in [1.165, 1.54) is 6.08 Å². The normalized spacial score (nSPS) is 20.6. The van der Waals surface area contributed by atoms with Crippen LogP contribution in [0.2, 0.25) is 0 Å². The maximum atomic E-state index is 11.0. The van der Waals surface area contributed by atoms with Crippen molar-refractivity contribution in [3.8, 4) is 0 Å². The molecular formula is C11H8BrO2. The quantitative estimate of drug-likeness (QED) is 0.718. The van der Waals surface area contributed by atoms with E-state index in [1.807, 2.05) is 24.3 Å². The van der Waals surface area contributed by atoms with E-state index >= 15 is 0 Å². The number of rotatable bonds is 1. The fourth-order valence-corrected chi connectivity index (χ4v) is 1.63. The zero-order valence-electron chi connectivity index (χ0n) is 7.37. The molecule has 0 saturated heterocycles. The molecule has 0 spiro atoms. The van der Waals surface area contributed by atoms with Crippen LogP contribution in [0, 0.1) is 6.92 Å². The molecule has 1 heterocycles. The maximum absolute atomic E-state index is 11.0. The van der Waals surface area contributed by atoms with Gasteiger partial charge in [0, 0.05) is 16.1 Å². The summed E-state index contributed by atoms with van der Waals surface area (Å²) in [4.78, 5) is 11.0. The molecule has 1 aliphatic rings. The van der Waals surface area contributed by atoms with Gasteiger partial charge >= 0.3 is 5.97 Å². The topological polar surface area (TPSA) is 26.3 Å². The summed E-state index contributed by atoms with van der Waals surface area (Å²) in [5, 5.41) is 0. The lowest BCUT2D eigenvalue weighted by atomic mass is 10.0. The minimum Gasteiger partial charge on any atom is -0.454 e. The van der Waals surface area contributed by atoms with Gasteiger partial charge in [0.1, 0.15) is 6.10 Å². The van der Waals surface area contributed by atoms with E-state index in [0.717, 1.165) is 15.6 Å². The van der Waals surface area contributed by atoms with Crippen molar-refractivity contribution in [2.45, 2.75) is 6.10 Å². The summed E-state index contributed by atoms with van der Waals surface area (Å²) in [5.74, 6) is -0.317. The van der Waals surface area contributed by atoms with E-state index in [1.54, 1.807) is 0 Å². The molecule has 0 aromatic heterocycles. The van der Waals surface area contributed by atoms with E-state index in [2.05, 4.69) is 22.9 Å². The predicted molar refractivity (Wildman–Crippen MR) is 57.4 cm³/mol. The molecule has 2 rings (SSSR count). The Morgan fingerprint density at radius 2 is 1.93 bits per heavy atom. The summed E-state index contributed by atoms with van der Waals surface area (Å²) in [6.07, 6.45) is 1.10. The summed E-state index contributed by atoms with van der Waals surface area (Å²) in [6, 6.07) is 7.70. The fourth-order valence-electron chi connectivity index (χ4n) is 1.37. The molecule has 3 heteroatoms. The van der Waals surface area contributed by atoms with E-state index < -0.39 is 0 Å². The first-order valence-corrected chi connectivity index (χ1v) is 4.97. The number of halogens is 1. The first-order chi connectivity index (χ1) is 6.66. The number of carbonyl (C=O) groups is 1. The van der Waals surface area contributed by atoms with Crippen molar-refractivity contribution in [3.63, 3.8) is 0 Å². The number of ether oxygens (including phenoxy) is 1. The number of esters is 1. The molecule has 2 nitrogen and oxygen atoms in total. The summed E-state index contributed by atoms with van der Waals surface area (Å²) in [6.45, 7) is 3.75. The van der Waals surface area contributed by atoms with Gasteiger partial charge in [-0.25, -0.2) is 4.79 Å². The van der Waals surface area contributed by atoms with Crippen molar-refractivity contribution in [2.24, 2.45) is 0 Å². The van der Waals surface area contributed by atoms with Crippen LogP contribution in [0.3, 0.4) is 0 Å². The minimum atomic E-state index is -0.385. The Morgan fingerprint density at radius 3 is 2.43 bits per heavy atom. The van der Waals surface area contributed by atoms with Crippen LogP contribution in [-0.4, -0.2) is 12.1 Å². The molecule has 71 valence electrons. The van der Waals surface area contributed by atoms with Gasteiger partial charge in [-0.15, -0.1) is 0 Å². The molecule has 14 heavy (non-hydrogen) atoms. The SMILES string of the molecule is [CH2]C1OC(=O)C=C1c1ccc(Br)cc1. The van der Waals surface area contributed by atoms with Gasteiger partial charge in [0.2, 0.25) is 0 Å². The van der Waals surface area contributed by atoms with Gasteiger partial charge in [-0.05, 0) is 24.6 Å². The molecule has 0 saturated carbocycles. The lowest BCUT2D eigenvalue weighted by Gasteiger charge is -2.08. The summed E-state index contributed by atoms with van der Waals surface area (Å²) in [7, 11) is 0. The minimum absolute atomic E-state index is 0.317. The Hall–Kier alpha value is -1.09. The number of cyclic esters (lactones) is 1. The van der Waals surface area contributed by atoms with Crippen LogP contribution in [0.25, 0.3) is 5.57 Å². The average Bonchev–Trinajstić information content (AvgIpc) is 2.47. The smallest absolute Gasteiger partial charge is 0.331 e. The highest BCUT2D eigenvalue weighted by molar-refractivity contribution is 9.10. The lowest BCUT2D eigenvalue weighted by Crippen LogP contribution is -2.05. The molecule has 1 aliphatic heterocycles. The average molecular weight is 252 g/mol. The van der Waals surface area contributed by atoms with Crippen molar-refractivity contribution < 1.29 is 9.53 Å². The highest BCUT2D eigenvalue weighted by Gasteiger charge is 2.22. The van der Waals surface area contributed by atoms with E-state index in [9.17, 15) is 4.79 Å². The molecule has 0 amide bonds. The standard InChI is InChI=1S/C11H8BrO2/c1-7-10(6-11(13)14-7)8-2-4-9(12)5-3-8/h2-7H,1H2. The monoisotopic (exact) mass is 251 g/mol. The van der Waals surface area contributed by atoms with Crippen LogP contribution in [0.5, 0.6) is 0 Å². The molecular weight excluding hydrogens is 244 g/mol. The molecule has 1 aromatic carbocycles. The Labute approximate surface area is 90.7 Å². The number of hydrogen-bond acceptors (Lipinski definition) is 2. The highest BCUT2D eigenvalue weighted by Crippen LogP contribution is 2.26. The van der Waals surface area contributed by atoms with Crippen LogP contribution >= 0.6 is 15.9 Å². The molecule has 0 fully saturated rings. The van der Waals surface area contributed by atoms with Crippen LogP contribution in [-0.2, 0) is 9.53 Å². The van der Waals surface area contributed by atoms with Crippen molar-refractivity contribution >= 4 is 27.5 Å². The Morgan fingerprint density at radius 1 is 1.29 bits per heavy atom. The largest absolute Gasteiger partial charge is 0.454 e. The van der Waals surface area contributed by atoms with Crippen molar-refractivity contribution in [1.29, 1.82) is 0 Å². The first kappa shape index (κ1) is 9.46. The first-order valence-electron chi connectivity index (χ1n) is 4.18. The zero-order chi connectivity index (χ0) is 10.1. The Bertz CT molecular complexity index is 392. The maximum Gasteiger partial charge on any atom is 0.331 e. The third-order valence-electron chi connectivity index (χ3n) is 2.06. The third kappa shape index (κ3) is 1.73. The fraction of sp³-hybridized carbons (Fsp3) is 0.0909. The lowest BCUT2D eigenvalue weighted by molar-refractivity contribution is -0.137. The third-order valence-corrected chi connectivity index (χ3v) is 2.58. The molecule has 0 N–H and O–H groups in total. The zero-order valence-corrected chi connectivity index (χ0v) is 8.95. The Balaban J connectivity index is 2.36. The number of benzene rings is 1. The van der Waals surface area contributed by atoms with Gasteiger partial charge in [-0.3, -0.25) is 0 Å². The predicted octanol–water partition coefficient (Wildman–Crippen LogP) is 2.59. The molecule has 1 atom stereocenters. The summed E-state index contributed by atoms with van der Waals surface area (Å²) >= 11 is 3.35. The second-order valence-corrected chi connectivity index (χ2v) is 3.95. The molecule has 1 radical (unpaired) electrons. The van der Waals surface area contributed by atoms with Crippen LogP contribution in [0.4, 0.5) is 0 Å². The molecule has 1 unspecified atom stereocenters. The molecule has 0 aliphatic carbocycles. The van der Waals surface area contributed by atoms with Gasteiger partial charge < -0.3 is 4.74 Å². The second kappa shape index (κ2) is 3.58. The van der Waals surface area contributed by atoms with E-state index in [4.69, 9.17) is 4.74 Å². The van der Waals surface area contributed by atoms with Crippen molar-refractivity contribution in [3.05, 3.63) is 47.3 Å². The number of carbonyl (C=O) groups excluding carboxylic acids is 1. The van der Waals surface area contributed by atoms with Crippen molar-refractivity contribution in [1.82, 2.24) is 0 Å². The van der Waals surface area contributed by atoms with Gasteiger partial charge in [-0.1, -0.05) is 28.1 Å². The van der Waals surface area contributed by atoms with Crippen molar-refractivity contribution in [2.75, 3.05) is 0 Å². The van der Waals surface area contributed by atoms with E-state index in [0.29, 0.717) is 0 Å². The van der Waals surface area contributed by atoms with Gasteiger partial charge in [0.05, 0.1) is 0 Å². The van der Waals surface area contributed by atoms with Gasteiger partial charge in [0.25, 0.3) is 0 Å². The highest BCUT2D eigenvalue weighted by atomic mass is 79.9. The molecule has 0 bridgehead atoms. The van der Waals surface area contributed by atoms with Crippen LogP contribution in [0.1, 0.15) is 5.56 Å². The van der Waals surface area contributed by atoms with Gasteiger partial charge in [0.15, 0.2) is 0 Å². The molecule has 1 aromatic rings. The summed E-state index contributed by atoms with van der Waals surface area (Å²) < 4.78 is 5.91. The number of hydrogen-bond donors (Lipinski definition) is 0. The summed E-state index contributed by atoms with van der Waals surface area (Å²) in [5.41, 5.74) is 1.81. The van der Waals surface area contributed by atoms with Crippen LogP contribution < -0.4 is 0 Å². The van der Waals surface area contributed by atoms with Crippen LogP contribution in [0.15, 0.2) is 34.8 Å². The van der Waals surface area contributed by atoms with E-state index in [-0.39, 0.29) is 12.1 Å². The van der Waals surface area contributed by atoms with Gasteiger partial charge in [-0.2, -0.15) is 0 Å².